The van der Waals surface area contributed by atoms with Crippen molar-refractivity contribution in [1.29, 1.82) is 0 Å². The molecule has 0 N–H and O–H groups in total. The summed E-state index contributed by atoms with van der Waals surface area (Å²) in [4.78, 5) is 0. The molecule has 0 aromatic heterocycles. The molecule has 0 fully saturated rings. The lowest BCUT2D eigenvalue weighted by Gasteiger charge is -2.08. The van der Waals surface area contributed by atoms with E-state index in [1.165, 1.54) is 0 Å². The van der Waals surface area contributed by atoms with E-state index in [2.05, 4.69) is 6.92 Å². The molecule has 0 aliphatic heterocycles. The van der Waals surface area contributed by atoms with Crippen LogP contribution in [0.4, 0.5) is 0 Å². The standard InChI is InChI=1S/C6H14O2/c1-4-5-8-6(2)7-3/h6H,4-5H2,1-3H3. The van der Waals surface area contributed by atoms with E-state index in [0.717, 1.165) is 13.0 Å². The molecule has 8 heavy (non-hydrogen) atoms. The normalized spacial score (nSPS) is 13.9. The number of hydrogen-bond acceptors (Lipinski definition) is 2. The van der Waals surface area contributed by atoms with E-state index in [-0.39, 0.29) is 6.29 Å². The van der Waals surface area contributed by atoms with Crippen LogP contribution in [0.2, 0.25) is 0 Å². The van der Waals surface area contributed by atoms with Gasteiger partial charge >= 0.3 is 0 Å². The Morgan fingerprint density at radius 2 is 2.12 bits per heavy atom. The summed E-state index contributed by atoms with van der Waals surface area (Å²) in [7, 11) is 1.64. The average Bonchev–Trinajstić information content (AvgIpc) is 1.83. The molecule has 0 spiro atoms. The highest BCUT2D eigenvalue weighted by Gasteiger charge is 1.93. The molecule has 0 rings (SSSR count). The van der Waals surface area contributed by atoms with Crippen LogP contribution in [0.15, 0.2) is 0 Å². The van der Waals surface area contributed by atoms with Crippen molar-refractivity contribution >= 4 is 0 Å². The van der Waals surface area contributed by atoms with Gasteiger partial charge in [0, 0.05) is 13.7 Å². The van der Waals surface area contributed by atoms with Crippen LogP contribution < -0.4 is 0 Å². The molecule has 2 heteroatoms. The van der Waals surface area contributed by atoms with Crippen molar-refractivity contribution in [2.45, 2.75) is 26.6 Å². The minimum absolute atomic E-state index is 0.0463. The van der Waals surface area contributed by atoms with Crippen molar-refractivity contribution in [3.05, 3.63) is 0 Å². The zero-order valence-electron chi connectivity index (χ0n) is 5.81. The van der Waals surface area contributed by atoms with Crippen LogP contribution in [0.25, 0.3) is 0 Å². The maximum absolute atomic E-state index is 5.12. The Labute approximate surface area is 50.8 Å². The van der Waals surface area contributed by atoms with Gasteiger partial charge < -0.3 is 9.47 Å². The van der Waals surface area contributed by atoms with Gasteiger partial charge in [0.15, 0.2) is 6.29 Å². The summed E-state index contributed by atoms with van der Waals surface area (Å²) >= 11 is 0. The molecule has 0 saturated heterocycles. The SMILES string of the molecule is CCCOC(C)OC. The summed E-state index contributed by atoms with van der Waals surface area (Å²) in [5.74, 6) is 0. The Hall–Kier alpha value is -0.0800. The Morgan fingerprint density at radius 1 is 1.50 bits per heavy atom. The van der Waals surface area contributed by atoms with Crippen molar-refractivity contribution in [3.8, 4) is 0 Å². The maximum atomic E-state index is 5.12. The predicted octanol–water partition coefficient (Wildman–Crippen LogP) is 1.41. The first-order valence-electron chi connectivity index (χ1n) is 2.95. The monoisotopic (exact) mass is 118 g/mol. The molecule has 0 saturated carbocycles. The van der Waals surface area contributed by atoms with Crippen molar-refractivity contribution in [2.24, 2.45) is 0 Å². The van der Waals surface area contributed by atoms with Crippen molar-refractivity contribution < 1.29 is 9.47 Å². The van der Waals surface area contributed by atoms with E-state index in [1.54, 1.807) is 7.11 Å². The molecule has 0 radical (unpaired) electrons. The molecule has 50 valence electrons. The van der Waals surface area contributed by atoms with E-state index < -0.39 is 0 Å². The number of ether oxygens (including phenoxy) is 2. The van der Waals surface area contributed by atoms with Gasteiger partial charge in [-0.15, -0.1) is 0 Å². The number of rotatable bonds is 4. The van der Waals surface area contributed by atoms with Gasteiger partial charge in [-0.2, -0.15) is 0 Å². The van der Waals surface area contributed by atoms with Gasteiger partial charge in [-0.3, -0.25) is 0 Å². The lowest BCUT2D eigenvalue weighted by atomic mass is 10.5. The third-order valence-electron chi connectivity index (χ3n) is 0.889. The smallest absolute Gasteiger partial charge is 0.154 e. The molecule has 1 atom stereocenters. The lowest BCUT2D eigenvalue weighted by Crippen LogP contribution is -2.10. The molecule has 0 heterocycles. The third-order valence-corrected chi connectivity index (χ3v) is 0.889. The Bertz CT molecular complexity index is 45.8. The number of hydrogen-bond donors (Lipinski definition) is 0. The molecular formula is C6H14O2. The second-order valence-electron chi connectivity index (χ2n) is 1.67. The largest absolute Gasteiger partial charge is 0.356 e. The Balaban J connectivity index is 2.86. The molecule has 0 aliphatic carbocycles. The van der Waals surface area contributed by atoms with Gasteiger partial charge in [-0.1, -0.05) is 6.92 Å². The third kappa shape index (κ3) is 4.09. The quantitative estimate of drug-likeness (QED) is 0.519. The van der Waals surface area contributed by atoms with E-state index in [1.807, 2.05) is 6.92 Å². The van der Waals surface area contributed by atoms with Crippen molar-refractivity contribution in [1.82, 2.24) is 0 Å². The minimum Gasteiger partial charge on any atom is -0.356 e. The van der Waals surface area contributed by atoms with Crippen LogP contribution in [-0.4, -0.2) is 20.0 Å². The summed E-state index contributed by atoms with van der Waals surface area (Å²) in [6.45, 7) is 4.74. The Morgan fingerprint density at radius 3 is 2.50 bits per heavy atom. The summed E-state index contributed by atoms with van der Waals surface area (Å²) < 4.78 is 9.95. The minimum atomic E-state index is -0.0463. The fourth-order valence-corrected chi connectivity index (χ4v) is 0.352. The van der Waals surface area contributed by atoms with Crippen molar-refractivity contribution in [2.75, 3.05) is 13.7 Å². The van der Waals surface area contributed by atoms with Crippen molar-refractivity contribution in [3.63, 3.8) is 0 Å². The molecular weight excluding hydrogens is 104 g/mol. The number of methoxy groups -OCH3 is 1. The highest BCUT2D eigenvalue weighted by atomic mass is 16.7. The van der Waals surface area contributed by atoms with Crippen LogP contribution >= 0.6 is 0 Å². The first kappa shape index (κ1) is 7.92. The first-order chi connectivity index (χ1) is 3.81. The second kappa shape index (κ2) is 5.06. The summed E-state index contributed by atoms with van der Waals surface area (Å²) in [6, 6.07) is 0. The van der Waals surface area contributed by atoms with Gasteiger partial charge in [-0.25, -0.2) is 0 Å². The van der Waals surface area contributed by atoms with E-state index >= 15 is 0 Å². The van der Waals surface area contributed by atoms with Gasteiger partial charge in [0.2, 0.25) is 0 Å². The molecule has 2 nitrogen and oxygen atoms in total. The molecule has 0 amide bonds. The molecule has 0 aromatic carbocycles. The molecule has 0 aromatic rings. The van der Waals surface area contributed by atoms with E-state index in [0.29, 0.717) is 0 Å². The zero-order valence-corrected chi connectivity index (χ0v) is 5.81. The van der Waals surface area contributed by atoms with E-state index in [4.69, 9.17) is 9.47 Å². The van der Waals surface area contributed by atoms with Gasteiger partial charge in [0.05, 0.1) is 0 Å². The highest BCUT2D eigenvalue weighted by Crippen LogP contribution is 1.90. The molecule has 0 bridgehead atoms. The van der Waals surface area contributed by atoms with Crippen LogP contribution in [0.3, 0.4) is 0 Å². The zero-order chi connectivity index (χ0) is 6.41. The highest BCUT2D eigenvalue weighted by molar-refractivity contribution is 4.27. The van der Waals surface area contributed by atoms with Crippen LogP contribution in [0.1, 0.15) is 20.3 Å². The predicted molar refractivity (Wildman–Crippen MR) is 32.7 cm³/mol. The fraction of sp³-hybridized carbons (Fsp3) is 1.00. The first-order valence-corrected chi connectivity index (χ1v) is 2.95. The molecule has 0 aliphatic rings. The second-order valence-corrected chi connectivity index (χ2v) is 1.67. The van der Waals surface area contributed by atoms with Gasteiger partial charge in [0.1, 0.15) is 0 Å². The van der Waals surface area contributed by atoms with Gasteiger partial charge in [-0.05, 0) is 13.3 Å². The Kier molecular flexibility index (Phi) is 5.01. The fourth-order valence-electron chi connectivity index (χ4n) is 0.352. The van der Waals surface area contributed by atoms with Crippen LogP contribution in [0, 0.1) is 0 Å². The topological polar surface area (TPSA) is 18.5 Å². The van der Waals surface area contributed by atoms with E-state index in [9.17, 15) is 0 Å². The van der Waals surface area contributed by atoms with Gasteiger partial charge in [0.25, 0.3) is 0 Å². The van der Waals surface area contributed by atoms with Crippen LogP contribution in [-0.2, 0) is 9.47 Å². The lowest BCUT2D eigenvalue weighted by molar-refractivity contribution is -0.110. The maximum Gasteiger partial charge on any atom is 0.154 e. The van der Waals surface area contributed by atoms with Crippen LogP contribution in [0.5, 0.6) is 0 Å². The summed E-state index contributed by atoms with van der Waals surface area (Å²) in [6.07, 6.45) is 1.00. The summed E-state index contributed by atoms with van der Waals surface area (Å²) in [5.41, 5.74) is 0. The average molecular weight is 118 g/mol. The molecule has 1 unspecified atom stereocenters. The summed E-state index contributed by atoms with van der Waals surface area (Å²) in [5, 5.41) is 0.